The molecule has 1 aromatic carbocycles. The standard InChI is InChI=1S/C25H21Cl2FN4O4/c1-5-35-12(2)14-8-18(31-24(27)21(14)25(33)34-4)16-11-30-32(3)23(16)20-15(10-29)19(36-13-6-7-13)9-17(26)22(20)28/h8-9,11,13H,2,5-7H2,1,3-4H3. The summed E-state index contributed by atoms with van der Waals surface area (Å²) >= 11 is 12.6. The van der Waals surface area contributed by atoms with Gasteiger partial charge in [0, 0.05) is 24.2 Å². The summed E-state index contributed by atoms with van der Waals surface area (Å²) in [5.74, 6) is -1.18. The highest BCUT2D eigenvalue weighted by Gasteiger charge is 2.31. The Kier molecular flexibility index (Phi) is 7.20. The van der Waals surface area contributed by atoms with Gasteiger partial charge >= 0.3 is 5.97 Å². The number of halogens is 3. The summed E-state index contributed by atoms with van der Waals surface area (Å²) in [6.07, 6.45) is 3.08. The molecule has 1 fully saturated rings. The molecule has 2 heterocycles. The number of hydrogen-bond donors (Lipinski definition) is 0. The van der Waals surface area contributed by atoms with Gasteiger partial charge < -0.3 is 14.2 Å². The van der Waals surface area contributed by atoms with E-state index in [-0.39, 0.29) is 68.0 Å². The van der Waals surface area contributed by atoms with E-state index in [1.54, 1.807) is 14.0 Å². The van der Waals surface area contributed by atoms with Crippen molar-refractivity contribution in [3.05, 3.63) is 57.6 Å². The van der Waals surface area contributed by atoms with Crippen LogP contribution in [0, 0.1) is 17.1 Å². The third-order valence-corrected chi connectivity index (χ3v) is 6.10. The number of aryl methyl sites for hydroxylation is 1. The average Bonchev–Trinajstić information content (AvgIpc) is 3.59. The highest BCUT2D eigenvalue weighted by Crippen LogP contribution is 2.43. The smallest absolute Gasteiger partial charge is 0.341 e. The fourth-order valence-corrected chi connectivity index (χ4v) is 4.20. The molecule has 36 heavy (non-hydrogen) atoms. The number of carbonyl (C=O) groups is 1. The van der Waals surface area contributed by atoms with E-state index < -0.39 is 11.8 Å². The molecule has 1 aliphatic rings. The van der Waals surface area contributed by atoms with Crippen molar-refractivity contribution in [1.29, 1.82) is 5.26 Å². The van der Waals surface area contributed by atoms with E-state index in [1.807, 2.05) is 6.07 Å². The predicted octanol–water partition coefficient (Wildman–Crippen LogP) is 5.80. The third kappa shape index (κ3) is 4.62. The maximum absolute atomic E-state index is 15.5. The van der Waals surface area contributed by atoms with Crippen molar-refractivity contribution in [3.63, 3.8) is 0 Å². The molecule has 8 nitrogen and oxygen atoms in total. The van der Waals surface area contributed by atoms with Gasteiger partial charge in [0.05, 0.1) is 48.0 Å². The van der Waals surface area contributed by atoms with Crippen molar-refractivity contribution in [2.24, 2.45) is 7.05 Å². The summed E-state index contributed by atoms with van der Waals surface area (Å²) in [5, 5.41) is 13.8. The zero-order chi connectivity index (χ0) is 26.1. The van der Waals surface area contributed by atoms with Crippen LogP contribution in [0.4, 0.5) is 4.39 Å². The Morgan fingerprint density at radius 1 is 1.36 bits per heavy atom. The molecule has 0 aliphatic heterocycles. The van der Waals surface area contributed by atoms with E-state index in [2.05, 4.69) is 16.7 Å². The summed E-state index contributed by atoms with van der Waals surface area (Å²) in [7, 11) is 2.80. The number of ether oxygens (including phenoxy) is 3. The number of methoxy groups -OCH3 is 1. The molecule has 0 atom stereocenters. The fraction of sp³-hybridized carbons (Fsp3) is 0.280. The van der Waals surface area contributed by atoms with Gasteiger partial charge in [-0.2, -0.15) is 10.4 Å². The van der Waals surface area contributed by atoms with Crippen molar-refractivity contribution in [2.75, 3.05) is 13.7 Å². The van der Waals surface area contributed by atoms with Crippen molar-refractivity contribution < 1.29 is 23.4 Å². The van der Waals surface area contributed by atoms with Gasteiger partial charge in [0.1, 0.15) is 33.9 Å². The molecule has 0 saturated heterocycles. The Hall–Kier alpha value is -3.61. The molecule has 0 amide bonds. The number of aromatic nitrogens is 3. The monoisotopic (exact) mass is 530 g/mol. The van der Waals surface area contributed by atoms with Gasteiger partial charge in [-0.05, 0) is 25.8 Å². The molecular formula is C25H21Cl2FN4O4. The van der Waals surface area contributed by atoms with Crippen LogP contribution in [0.25, 0.3) is 28.3 Å². The van der Waals surface area contributed by atoms with Crippen molar-refractivity contribution in [3.8, 4) is 34.3 Å². The Morgan fingerprint density at radius 2 is 2.08 bits per heavy atom. The van der Waals surface area contributed by atoms with E-state index in [4.69, 9.17) is 37.4 Å². The SMILES string of the molecule is C=C(OCC)c1cc(-c2cnn(C)c2-c2c(F)c(Cl)cc(OC3CC3)c2C#N)nc(Cl)c1C(=O)OC. The molecule has 2 aromatic heterocycles. The van der Waals surface area contributed by atoms with Gasteiger partial charge in [0.25, 0.3) is 0 Å². The quantitative estimate of drug-likeness (QED) is 0.206. The maximum Gasteiger partial charge on any atom is 0.341 e. The minimum Gasteiger partial charge on any atom is -0.494 e. The van der Waals surface area contributed by atoms with Crippen molar-refractivity contribution >= 4 is 34.9 Å². The molecule has 11 heteroatoms. The van der Waals surface area contributed by atoms with E-state index >= 15 is 4.39 Å². The van der Waals surface area contributed by atoms with Crippen LogP contribution in [0.3, 0.4) is 0 Å². The molecule has 1 saturated carbocycles. The van der Waals surface area contributed by atoms with Gasteiger partial charge in [-0.1, -0.05) is 29.8 Å². The topological polar surface area (TPSA) is 99.3 Å². The Labute approximate surface area is 216 Å². The Morgan fingerprint density at radius 3 is 2.69 bits per heavy atom. The minimum absolute atomic E-state index is 0.0233. The molecule has 0 spiro atoms. The first-order valence-electron chi connectivity index (χ1n) is 10.9. The summed E-state index contributed by atoms with van der Waals surface area (Å²) in [4.78, 5) is 16.8. The second-order valence-corrected chi connectivity index (χ2v) is 8.71. The molecule has 0 N–H and O–H groups in total. The third-order valence-electron chi connectivity index (χ3n) is 5.55. The van der Waals surface area contributed by atoms with Gasteiger partial charge in [0.15, 0.2) is 5.82 Å². The second kappa shape index (κ2) is 10.2. The number of benzene rings is 1. The van der Waals surface area contributed by atoms with E-state index in [0.717, 1.165) is 12.8 Å². The molecule has 1 aliphatic carbocycles. The fourth-order valence-electron chi connectivity index (χ4n) is 3.74. The van der Waals surface area contributed by atoms with Crippen molar-refractivity contribution in [1.82, 2.24) is 14.8 Å². The Bertz CT molecular complexity index is 1430. The normalized spacial score (nSPS) is 12.7. The maximum atomic E-state index is 15.5. The van der Waals surface area contributed by atoms with Crippen LogP contribution >= 0.6 is 23.2 Å². The summed E-state index contributed by atoms with van der Waals surface area (Å²) in [5.41, 5.74) is 0.892. The van der Waals surface area contributed by atoms with Crippen LogP contribution in [0.1, 0.15) is 41.3 Å². The molecule has 3 aromatic rings. The summed E-state index contributed by atoms with van der Waals surface area (Å²) in [6.45, 7) is 5.93. The second-order valence-electron chi connectivity index (χ2n) is 7.95. The van der Waals surface area contributed by atoms with E-state index in [9.17, 15) is 10.1 Å². The minimum atomic E-state index is -0.808. The van der Waals surface area contributed by atoms with Crippen LogP contribution in [0.2, 0.25) is 10.2 Å². The number of nitriles is 1. The number of esters is 1. The highest BCUT2D eigenvalue weighted by molar-refractivity contribution is 6.33. The number of hydrogen-bond acceptors (Lipinski definition) is 7. The number of carbonyl (C=O) groups excluding carboxylic acids is 1. The van der Waals surface area contributed by atoms with Crippen LogP contribution in [-0.4, -0.2) is 40.6 Å². The molecule has 4 rings (SSSR count). The van der Waals surface area contributed by atoms with Crippen LogP contribution in [0.15, 0.2) is 24.9 Å². The number of rotatable bonds is 8. The molecule has 186 valence electrons. The van der Waals surface area contributed by atoms with Gasteiger partial charge in [-0.25, -0.2) is 14.2 Å². The lowest BCUT2D eigenvalue weighted by molar-refractivity contribution is 0.0599. The Balaban J connectivity index is 1.97. The zero-order valence-electron chi connectivity index (χ0n) is 19.7. The van der Waals surface area contributed by atoms with Gasteiger partial charge in [-0.15, -0.1) is 0 Å². The van der Waals surface area contributed by atoms with Crippen LogP contribution in [-0.2, 0) is 16.5 Å². The van der Waals surface area contributed by atoms with Gasteiger partial charge in [-0.3, -0.25) is 4.68 Å². The first kappa shape index (κ1) is 25.5. The first-order chi connectivity index (χ1) is 17.2. The predicted molar refractivity (Wildman–Crippen MR) is 132 cm³/mol. The zero-order valence-corrected chi connectivity index (χ0v) is 21.2. The average molecular weight is 531 g/mol. The lowest BCUT2D eigenvalue weighted by Gasteiger charge is -2.16. The number of pyridine rings is 1. The molecule has 0 unspecified atom stereocenters. The van der Waals surface area contributed by atoms with Gasteiger partial charge in [0.2, 0.25) is 0 Å². The summed E-state index contributed by atoms with van der Waals surface area (Å²) in [6, 6.07) is 4.87. The molecule has 0 bridgehead atoms. The molecule has 0 radical (unpaired) electrons. The first-order valence-corrected chi connectivity index (χ1v) is 11.7. The number of nitrogens with zero attached hydrogens (tertiary/aromatic N) is 4. The lowest BCUT2D eigenvalue weighted by atomic mass is 9.97. The van der Waals surface area contributed by atoms with Crippen LogP contribution < -0.4 is 4.74 Å². The lowest BCUT2D eigenvalue weighted by Crippen LogP contribution is -2.10. The molecular weight excluding hydrogens is 510 g/mol. The largest absolute Gasteiger partial charge is 0.494 e. The van der Waals surface area contributed by atoms with Crippen LogP contribution in [0.5, 0.6) is 5.75 Å². The van der Waals surface area contributed by atoms with E-state index in [1.165, 1.54) is 30.1 Å². The van der Waals surface area contributed by atoms with E-state index in [0.29, 0.717) is 5.56 Å². The van der Waals surface area contributed by atoms with Crippen molar-refractivity contribution in [2.45, 2.75) is 25.9 Å². The highest BCUT2D eigenvalue weighted by atomic mass is 35.5. The summed E-state index contributed by atoms with van der Waals surface area (Å²) < 4.78 is 33.1.